The van der Waals surface area contributed by atoms with Gasteiger partial charge in [-0.25, -0.2) is 4.98 Å². The summed E-state index contributed by atoms with van der Waals surface area (Å²) in [4.78, 5) is 10.1. The van der Waals surface area contributed by atoms with Crippen molar-refractivity contribution in [3.8, 4) is 33.6 Å². The van der Waals surface area contributed by atoms with Crippen molar-refractivity contribution >= 4 is 28.8 Å². The fourth-order valence-corrected chi connectivity index (χ4v) is 7.83. The van der Waals surface area contributed by atoms with Gasteiger partial charge in [0.25, 0.3) is 0 Å². The van der Waals surface area contributed by atoms with Gasteiger partial charge in [-0.05, 0) is 64.7 Å². The highest BCUT2D eigenvalue weighted by molar-refractivity contribution is 7.99. The second-order valence-corrected chi connectivity index (χ2v) is 12.3. The molecule has 196 valence electrons. The maximum absolute atomic E-state index is 5.07. The minimum Gasteiger partial charge on any atom is -0.308 e. The Kier molecular flexibility index (Phi) is 5.45. The highest BCUT2D eigenvalue weighted by atomic mass is 32.2. The summed E-state index contributed by atoms with van der Waals surface area (Å²) in [5.74, 6) is 0. The quantitative estimate of drug-likeness (QED) is 0.220. The molecule has 1 aromatic heterocycles. The van der Waals surface area contributed by atoms with E-state index in [1.54, 1.807) is 0 Å². The summed E-state index contributed by atoms with van der Waals surface area (Å²) in [6.45, 7) is 4.74. The largest absolute Gasteiger partial charge is 0.308 e. The van der Waals surface area contributed by atoms with Crippen LogP contribution in [0.15, 0.2) is 143 Å². The summed E-state index contributed by atoms with van der Waals surface area (Å²) in [6.07, 6.45) is 0. The number of benzene rings is 5. The molecule has 1 aliphatic carbocycles. The molecule has 0 spiro atoms. The molecule has 0 amide bonds. The number of para-hydroxylation sites is 1. The van der Waals surface area contributed by atoms with E-state index < -0.39 is 0 Å². The Bertz CT molecular complexity index is 1940. The molecule has 0 radical (unpaired) electrons. The second kappa shape index (κ2) is 9.22. The smallest absolute Gasteiger partial charge is 0.0710 e. The van der Waals surface area contributed by atoms with Crippen molar-refractivity contribution in [2.45, 2.75) is 29.1 Å². The first kappa shape index (κ1) is 24.2. The van der Waals surface area contributed by atoms with Gasteiger partial charge in [-0.2, -0.15) is 0 Å². The molecule has 41 heavy (non-hydrogen) atoms. The third-order valence-electron chi connectivity index (χ3n) is 8.43. The molecule has 2 aliphatic rings. The Balaban J connectivity index is 1.30. The minimum atomic E-state index is -0.0775. The molecule has 0 unspecified atom stereocenters. The molecule has 1 aliphatic heterocycles. The normalized spacial score (nSPS) is 14.1. The maximum atomic E-state index is 5.07. The van der Waals surface area contributed by atoms with E-state index in [0.717, 1.165) is 28.2 Å². The first-order valence-electron chi connectivity index (χ1n) is 14.1. The number of hydrogen-bond donors (Lipinski definition) is 0. The van der Waals surface area contributed by atoms with E-state index in [-0.39, 0.29) is 5.41 Å². The molecule has 0 atom stereocenters. The van der Waals surface area contributed by atoms with Crippen LogP contribution in [0.3, 0.4) is 0 Å². The highest BCUT2D eigenvalue weighted by Crippen LogP contribution is 2.60. The lowest BCUT2D eigenvalue weighted by atomic mass is 9.82. The van der Waals surface area contributed by atoms with Gasteiger partial charge in [0.05, 0.1) is 22.8 Å². The van der Waals surface area contributed by atoms with Gasteiger partial charge >= 0.3 is 0 Å². The number of rotatable bonds is 3. The number of anilines is 3. The number of hydrogen-bond acceptors (Lipinski definition) is 3. The lowest BCUT2D eigenvalue weighted by Crippen LogP contribution is -2.20. The van der Waals surface area contributed by atoms with E-state index in [9.17, 15) is 0 Å². The van der Waals surface area contributed by atoms with E-state index in [4.69, 9.17) is 4.98 Å². The van der Waals surface area contributed by atoms with Crippen LogP contribution in [0.2, 0.25) is 0 Å². The first-order valence-corrected chi connectivity index (χ1v) is 14.9. The molecule has 3 heteroatoms. The number of aromatic nitrogens is 1. The van der Waals surface area contributed by atoms with Gasteiger partial charge in [-0.1, -0.05) is 117 Å². The lowest BCUT2D eigenvalue weighted by molar-refractivity contribution is 0.647. The summed E-state index contributed by atoms with van der Waals surface area (Å²) in [7, 11) is 0. The summed E-state index contributed by atoms with van der Waals surface area (Å²) in [6, 6.07) is 47.8. The minimum absolute atomic E-state index is 0.0775. The molecule has 2 nitrogen and oxygen atoms in total. The molecule has 6 aromatic rings. The third-order valence-corrected chi connectivity index (χ3v) is 9.62. The molecule has 0 saturated heterocycles. The Hall–Kier alpha value is -4.60. The van der Waals surface area contributed by atoms with E-state index in [1.807, 2.05) is 17.8 Å². The zero-order valence-electron chi connectivity index (χ0n) is 23.0. The monoisotopic (exact) mass is 544 g/mol. The summed E-state index contributed by atoms with van der Waals surface area (Å²) >= 11 is 1.90. The fourth-order valence-electron chi connectivity index (χ4n) is 6.49. The lowest BCUT2D eigenvalue weighted by Gasteiger charge is -2.36. The second-order valence-electron chi connectivity index (χ2n) is 11.2. The molecule has 0 saturated carbocycles. The van der Waals surface area contributed by atoms with Gasteiger partial charge in [0.1, 0.15) is 0 Å². The molecular weight excluding hydrogens is 516 g/mol. The third kappa shape index (κ3) is 3.77. The van der Waals surface area contributed by atoms with Crippen LogP contribution in [0.5, 0.6) is 0 Å². The average Bonchev–Trinajstić information content (AvgIpc) is 3.27. The summed E-state index contributed by atoms with van der Waals surface area (Å²) in [5.41, 5.74) is 13.2. The summed E-state index contributed by atoms with van der Waals surface area (Å²) < 4.78 is 0. The van der Waals surface area contributed by atoms with E-state index in [0.29, 0.717) is 0 Å². The van der Waals surface area contributed by atoms with E-state index in [1.165, 1.54) is 43.4 Å². The molecule has 8 rings (SSSR count). The zero-order valence-corrected chi connectivity index (χ0v) is 23.8. The topological polar surface area (TPSA) is 16.1 Å². The maximum Gasteiger partial charge on any atom is 0.0710 e. The van der Waals surface area contributed by atoms with Crippen LogP contribution in [0.1, 0.15) is 25.0 Å². The van der Waals surface area contributed by atoms with Crippen LogP contribution in [0, 0.1) is 0 Å². The van der Waals surface area contributed by atoms with Gasteiger partial charge in [0, 0.05) is 32.0 Å². The predicted octanol–water partition coefficient (Wildman–Crippen LogP) is 10.7. The van der Waals surface area contributed by atoms with Crippen LogP contribution < -0.4 is 4.90 Å². The van der Waals surface area contributed by atoms with E-state index >= 15 is 0 Å². The van der Waals surface area contributed by atoms with Crippen molar-refractivity contribution in [3.63, 3.8) is 0 Å². The van der Waals surface area contributed by atoms with Crippen molar-refractivity contribution in [1.29, 1.82) is 0 Å². The van der Waals surface area contributed by atoms with Crippen molar-refractivity contribution in [1.82, 2.24) is 4.98 Å². The number of fused-ring (bicyclic) bond motifs is 6. The highest BCUT2D eigenvalue weighted by Gasteiger charge is 2.40. The van der Waals surface area contributed by atoms with Crippen molar-refractivity contribution in [2.75, 3.05) is 4.90 Å². The molecular formula is C38H28N2S. The SMILES string of the molecule is CC1(C)c2ccccc2-c2ccc3c(c21)Sc1ccc(-c2cccc(-c4ccccc4)n2)cc1N3c1ccccc1. The van der Waals surface area contributed by atoms with Crippen LogP contribution in [0.25, 0.3) is 33.6 Å². The van der Waals surface area contributed by atoms with Crippen LogP contribution in [-0.2, 0) is 5.41 Å². The molecule has 0 fully saturated rings. The zero-order chi connectivity index (χ0) is 27.6. The Labute approximate surface area is 245 Å². The van der Waals surface area contributed by atoms with Gasteiger partial charge in [-0.15, -0.1) is 0 Å². The average molecular weight is 545 g/mol. The fraction of sp³-hybridized carbons (Fsp3) is 0.0789. The standard InChI is InChI=1S/C38H28N2S/c1-38(2)30-17-10-9-16-28(30)29-21-22-33-37(36(29)38)41-35-23-20-26(24-34(35)40(33)27-14-7-4-8-15-27)32-19-11-18-31(39-32)25-12-5-3-6-13-25/h3-24H,1-2H3. The molecule has 0 bridgehead atoms. The van der Waals surface area contributed by atoms with Crippen LogP contribution >= 0.6 is 11.8 Å². The summed E-state index contributed by atoms with van der Waals surface area (Å²) in [5, 5.41) is 0. The predicted molar refractivity (Wildman–Crippen MR) is 171 cm³/mol. The number of pyridine rings is 1. The Morgan fingerprint density at radius 3 is 2.10 bits per heavy atom. The van der Waals surface area contributed by atoms with Crippen LogP contribution in [0.4, 0.5) is 17.1 Å². The molecule has 2 heterocycles. The van der Waals surface area contributed by atoms with E-state index in [2.05, 4.69) is 146 Å². The first-order chi connectivity index (χ1) is 20.1. The van der Waals surface area contributed by atoms with Crippen LogP contribution in [-0.4, -0.2) is 4.98 Å². The van der Waals surface area contributed by atoms with Crippen molar-refractivity contribution in [3.05, 3.63) is 145 Å². The van der Waals surface area contributed by atoms with Crippen molar-refractivity contribution in [2.24, 2.45) is 0 Å². The Morgan fingerprint density at radius 2 is 1.29 bits per heavy atom. The number of nitrogens with zero attached hydrogens (tertiary/aromatic N) is 2. The van der Waals surface area contributed by atoms with Gasteiger partial charge in [0.15, 0.2) is 0 Å². The van der Waals surface area contributed by atoms with Gasteiger partial charge in [-0.3, -0.25) is 0 Å². The van der Waals surface area contributed by atoms with Gasteiger partial charge < -0.3 is 4.90 Å². The molecule has 0 N–H and O–H groups in total. The van der Waals surface area contributed by atoms with Gasteiger partial charge in [0.2, 0.25) is 0 Å². The Morgan fingerprint density at radius 1 is 0.585 bits per heavy atom. The molecule has 5 aromatic carbocycles. The van der Waals surface area contributed by atoms with Crippen molar-refractivity contribution < 1.29 is 0 Å².